The van der Waals surface area contributed by atoms with E-state index in [0.29, 0.717) is 12.2 Å². The lowest BCUT2D eigenvalue weighted by molar-refractivity contribution is -0.00924. The van der Waals surface area contributed by atoms with E-state index in [9.17, 15) is 4.79 Å². The van der Waals surface area contributed by atoms with E-state index in [1.54, 1.807) is 0 Å². The number of oxazole rings is 1. The third kappa shape index (κ3) is 3.08. The van der Waals surface area contributed by atoms with Crippen LogP contribution in [-0.2, 0) is 4.74 Å². The molecule has 100 valence electrons. The fourth-order valence-corrected chi connectivity index (χ4v) is 1.99. The zero-order chi connectivity index (χ0) is 13.0. The zero-order valence-electron chi connectivity index (χ0n) is 10.8. The van der Waals surface area contributed by atoms with Crippen molar-refractivity contribution in [1.82, 2.24) is 15.2 Å². The molecule has 0 spiro atoms. The standard InChI is InChI=1S/C12H19N3O3/c1-12(2,15-3-5-17-6-4-15)8-13-11(16)10-7-18-9-14-10/h7,9H,3-6,8H2,1-2H3,(H,13,16). The molecule has 1 fully saturated rings. The molecule has 0 aliphatic carbocycles. The molecule has 0 radical (unpaired) electrons. The van der Waals surface area contributed by atoms with Crippen molar-refractivity contribution in [3.8, 4) is 0 Å². The highest BCUT2D eigenvalue weighted by Gasteiger charge is 2.28. The normalized spacial score (nSPS) is 17.7. The summed E-state index contributed by atoms with van der Waals surface area (Å²) >= 11 is 0. The number of nitrogens with one attached hydrogen (secondary N) is 1. The number of hydrogen-bond acceptors (Lipinski definition) is 5. The quantitative estimate of drug-likeness (QED) is 0.847. The van der Waals surface area contributed by atoms with Gasteiger partial charge in [0.2, 0.25) is 0 Å². The van der Waals surface area contributed by atoms with E-state index in [1.807, 2.05) is 0 Å². The van der Waals surface area contributed by atoms with Gasteiger partial charge in [-0.05, 0) is 13.8 Å². The summed E-state index contributed by atoms with van der Waals surface area (Å²) in [6.45, 7) is 8.09. The van der Waals surface area contributed by atoms with Gasteiger partial charge in [-0.1, -0.05) is 0 Å². The van der Waals surface area contributed by atoms with Crippen LogP contribution in [0, 0.1) is 0 Å². The zero-order valence-corrected chi connectivity index (χ0v) is 10.8. The van der Waals surface area contributed by atoms with Crippen molar-refractivity contribution >= 4 is 5.91 Å². The second-order valence-corrected chi connectivity index (χ2v) is 4.97. The Morgan fingerprint density at radius 2 is 2.22 bits per heavy atom. The molecule has 1 N–H and O–H groups in total. The van der Waals surface area contributed by atoms with E-state index in [2.05, 4.69) is 29.0 Å². The monoisotopic (exact) mass is 253 g/mol. The fourth-order valence-electron chi connectivity index (χ4n) is 1.99. The minimum atomic E-state index is -0.204. The van der Waals surface area contributed by atoms with Gasteiger partial charge in [0, 0.05) is 25.2 Å². The second-order valence-electron chi connectivity index (χ2n) is 4.97. The van der Waals surface area contributed by atoms with Crippen LogP contribution >= 0.6 is 0 Å². The van der Waals surface area contributed by atoms with Crippen molar-refractivity contribution in [3.63, 3.8) is 0 Å². The molecule has 1 amide bonds. The number of hydrogen-bond donors (Lipinski definition) is 1. The number of carbonyl (C=O) groups excluding carboxylic acids is 1. The Morgan fingerprint density at radius 3 is 2.83 bits per heavy atom. The molecular weight excluding hydrogens is 234 g/mol. The van der Waals surface area contributed by atoms with Crippen molar-refractivity contribution in [1.29, 1.82) is 0 Å². The number of aromatic nitrogens is 1. The topological polar surface area (TPSA) is 67.6 Å². The Hall–Kier alpha value is -1.40. The third-order valence-corrected chi connectivity index (χ3v) is 3.21. The molecular formula is C12H19N3O3. The SMILES string of the molecule is CC(C)(CNC(=O)c1cocn1)N1CCOCC1. The average molecular weight is 253 g/mol. The van der Waals surface area contributed by atoms with E-state index in [-0.39, 0.29) is 11.4 Å². The van der Waals surface area contributed by atoms with Crippen LogP contribution in [0.1, 0.15) is 24.3 Å². The van der Waals surface area contributed by atoms with Gasteiger partial charge >= 0.3 is 0 Å². The molecule has 6 heteroatoms. The molecule has 1 aromatic heterocycles. The molecule has 6 nitrogen and oxygen atoms in total. The van der Waals surface area contributed by atoms with Crippen LogP contribution in [0.3, 0.4) is 0 Å². The lowest BCUT2D eigenvalue weighted by Crippen LogP contribution is -2.55. The molecule has 0 saturated carbocycles. The van der Waals surface area contributed by atoms with Crippen LogP contribution in [0.25, 0.3) is 0 Å². The summed E-state index contributed by atoms with van der Waals surface area (Å²) in [5.74, 6) is -0.204. The number of amides is 1. The van der Waals surface area contributed by atoms with Gasteiger partial charge in [0.15, 0.2) is 12.1 Å². The maximum atomic E-state index is 11.8. The van der Waals surface area contributed by atoms with Crippen molar-refractivity contribution in [3.05, 3.63) is 18.4 Å². The molecule has 1 saturated heterocycles. The Bertz CT molecular complexity index is 383. The molecule has 0 unspecified atom stereocenters. The summed E-state index contributed by atoms with van der Waals surface area (Å²) in [6.07, 6.45) is 2.60. The molecule has 18 heavy (non-hydrogen) atoms. The number of ether oxygens (including phenoxy) is 1. The maximum Gasteiger partial charge on any atom is 0.273 e. The first-order valence-corrected chi connectivity index (χ1v) is 6.09. The number of nitrogens with zero attached hydrogens (tertiary/aromatic N) is 2. The number of morpholine rings is 1. The Balaban J connectivity index is 1.86. The van der Waals surface area contributed by atoms with E-state index in [4.69, 9.17) is 9.15 Å². The first kappa shape index (κ1) is 13.0. The summed E-state index contributed by atoms with van der Waals surface area (Å²) < 4.78 is 10.1. The van der Waals surface area contributed by atoms with Crippen molar-refractivity contribution in [2.45, 2.75) is 19.4 Å². The molecule has 0 atom stereocenters. The van der Waals surface area contributed by atoms with Crippen LogP contribution in [0.4, 0.5) is 0 Å². The van der Waals surface area contributed by atoms with E-state index in [1.165, 1.54) is 12.7 Å². The first-order chi connectivity index (χ1) is 8.59. The summed E-state index contributed by atoms with van der Waals surface area (Å²) in [5.41, 5.74) is 0.219. The molecule has 2 rings (SSSR count). The van der Waals surface area contributed by atoms with Gasteiger partial charge in [0.1, 0.15) is 6.26 Å². The molecule has 1 aliphatic rings. The lowest BCUT2D eigenvalue weighted by Gasteiger charge is -2.40. The summed E-state index contributed by atoms with van der Waals surface area (Å²) in [6, 6.07) is 0. The molecule has 1 aliphatic heterocycles. The largest absolute Gasteiger partial charge is 0.451 e. The minimum Gasteiger partial charge on any atom is -0.451 e. The first-order valence-electron chi connectivity index (χ1n) is 6.09. The van der Waals surface area contributed by atoms with Gasteiger partial charge in [0.25, 0.3) is 5.91 Å². The minimum absolute atomic E-state index is 0.0941. The summed E-state index contributed by atoms with van der Waals surface area (Å²) in [5, 5.41) is 2.88. The molecule has 1 aromatic rings. The maximum absolute atomic E-state index is 11.8. The third-order valence-electron chi connectivity index (χ3n) is 3.21. The predicted octanol–water partition coefficient (Wildman–Crippen LogP) is 0.515. The van der Waals surface area contributed by atoms with Crippen molar-refractivity contribution < 1.29 is 13.9 Å². The number of carbonyl (C=O) groups is 1. The van der Waals surface area contributed by atoms with Crippen LogP contribution in [0.2, 0.25) is 0 Å². The average Bonchev–Trinajstić information content (AvgIpc) is 2.91. The number of rotatable bonds is 4. The second kappa shape index (κ2) is 5.49. The fraction of sp³-hybridized carbons (Fsp3) is 0.667. The highest BCUT2D eigenvalue weighted by Crippen LogP contribution is 2.15. The van der Waals surface area contributed by atoms with Crippen LogP contribution in [0.5, 0.6) is 0 Å². The van der Waals surface area contributed by atoms with Crippen LogP contribution in [-0.4, -0.2) is 54.2 Å². The predicted molar refractivity (Wildman–Crippen MR) is 65.3 cm³/mol. The lowest BCUT2D eigenvalue weighted by atomic mass is 10.0. The van der Waals surface area contributed by atoms with Gasteiger partial charge in [0.05, 0.1) is 13.2 Å². The van der Waals surface area contributed by atoms with Gasteiger partial charge < -0.3 is 14.5 Å². The molecule has 0 bridgehead atoms. The van der Waals surface area contributed by atoms with E-state index < -0.39 is 0 Å². The van der Waals surface area contributed by atoms with E-state index in [0.717, 1.165) is 26.3 Å². The van der Waals surface area contributed by atoms with Gasteiger partial charge in [-0.15, -0.1) is 0 Å². The van der Waals surface area contributed by atoms with Crippen molar-refractivity contribution in [2.24, 2.45) is 0 Å². The van der Waals surface area contributed by atoms with Gasteiger partial charge in [-0.3, -0.25) is 9.69 Å². The Labute approximate surface area is 106 Å². The van der Waals surface area contributed by atoms with Gasteiger partial charge in [-0.2, -0.15) is 0 Å². The van der Waals surface area contributed by atoms with Crippen LogP contribution < -0.4 is 5.32 Å². The van der Waals surface area contributed by atoms with Crippen molar-refractivity contribution in [2.75, 3.05) is 32.8 Å². The molecule has 2 heterocycles. The van der Waals surface area contributed by atoms with Crippen LogP contribution in [0.15, 0.2) is 17.1 Å². The molecule has 0 aromatic carbocycles. The highest BCUT2D eigenvalue weighted by atomic mass is 16.5. The van der Waals surface area contributed by atoms with Gasteiger partial charge in [-0.25, -0.2) is 4.98 Å². The summed E-state index contributed by atoms with van der Waals surface area (Å²) in [4.78, 5) is 17.9. The smallest absolute Gasteiger partial charge is 0.273 e. The van der Waals surface area contributed by atoms with E-state index >= 15 is 0 Å². The Morgan fingerprint density at radius 1 is 1.50 bits per heavy atom. The highest BCUT2D eigenvalue weighted by molar-refractivity contribution is 5.91. The summed E-state index contributed by atoms with van der Waals surface area (Å²) in [7, 11) is 0. The Kier molecular flexibility index (Phi) is 3.98.